The summed E-state index contributed by atoms with van der Waals surface area (Å²) >= 11 is 1.50. The third-order valence-corrected chi connectivity index (χ3v) is 5.81. The Hall–Kier alpha value is -1.37. The molecule has 4 nitrogen and oxygen atoms in total. The summed E-state index contributed by atoms with van der Waals surface area (Å²) in [6, 6.07) is 8.17. The van der Waals surface area contributed by atoms with Gasteiger partial charge in [-0.1, -0.05) is 12.1 Å². The topological polar surface area (TPSA) is 47.6 Å². The van der Waals surface area contributed by atoms with Crippen molar-refractivity contribution in [2.75, 3.05) is 0 Å². The van der Waals surface area contributed by atoms with Gasteiger partial charge < -0.3 is 14.6 Å². The zero-order valence-corrected chi connectivity index (χ0v) is 15.9. The molecule has 3 rings (SSSR count). The minimum atomic E-state index is -0.380. The molecule has 24 heavy (non-hydrogen) atoms. The molecule has 1 aliphatic rings. The Labute approximate surface area is 147 Å². The Bertz CT molecular complexity index is 766. The molecule has 1 amide bonds. The standard InChI is InChI=1S/C18H24BNO3S/c1-11(2)20-16(21)15-9-12-7-8-13(10-14(12)24-15)19-22-17(3,4)18(5,6)23-19/h7-11H,1-6H3,(H,20,21). The van der Waals surface area contributed by atoms with Crippen molar-refractivity contribution in [3.63, 3.8) is 0 Å². The number of hydrogen-bond donors (Lipinski definition) is 1. The molecule has 0 spiro atoms. The van der Waals surface area contributed by atoms with Gasteiger partial charge in [0.05, 0.1) is 16.1 Å². The van der Waals surface area contributed by atoms with E-state index in [1.165, 1.54) is 11.3 Å². The summed E-state index contributed by atoms with van der Waals surface area (Å²) in [5.74, 6) is -0.0246. The van der Waals surface area contributed by atoms with E-state index in [2.05, 4.69) is 11.4 Å². The molecule has 1 aromatic heterocycles. The highest BCUT2D eigenvalue weighted by Crippen LogP contribution is 2.37. The Morgan fingerprint density at radius 2 is 1.75 bits per heavy atom. The summed E-state index contributed by atoms with van der Waals surface area (Å²) in [7, 11) is -0.380. The van der Waals surface area contributed by atoms with Crippen molar-refractivity contribution in [3.05, 3.63) is 29.1 Å². The first-order valence-corrected chi connectivity index (χ1v) is 9.11. The zero-order chi connectivity index (χ0) is 17.7. The predicted octanol–water partition coefficient (Wildman–Crippen LogP) is 3.34. The lowest BCUT2D eigenvalue weighted by atomic mass is 9.79. The van der Waals surface area contributed by atoms with E-state index in [9.17, 15) is 4.79 Å². The molecular formula is C18H24BNO3S. The second kappa shape index (κ2) is 5.86. The van der Waals surface area contributed by atoms with E-state index in [0.29, 0.717) is 0 Å². The van der Waals surface area contributed by atoms with Gasteiger partial charge in [-0.2, -0.15) is 0 Å². The van der Waals surface area contributed by atoms with Crippen LogP contribution in [0.15, 0.2) is 24.3 Å². The van der Waals surface area contributed by atoms with Crippen LogP contribution in [0.3, 0.4) is 0 Å². The summed E-state index contributed by atoms with van der Waals surface area (Å²) in [4.78, 5) is 12.9. The quantitative estimate of drug-likeness (QED) is 0.868. The highest BCUT2D eigenvalue weighted by atomic mass is 32.1. The highest BCUT2D eigenvalue weighted by molar-refractivity contribution is 7.20. The number of fused-ring (bicyclic) bond motifs is 1. The summed E-state index contributed by atoms with van der Waals surface area (Å²) in [6.07, 6.45) is 0. The van der Waals surface area contributed by atoms with Crippen LogP contribution in [0.4, 0.5) is 0 Å². The average molecular weight is 345 g/mol. The van der Waals surface area contributed by atoms with E-state index in [4.69, 9.17) is 9.31 Å². The molecule has 6 heteroatoms. The van der Waals surface area contributed by atoms with Gasteiger partial charge in [0.1, 0.15) is 0 Å². The Kier molecular flexibility index (Phi) is 4.27. The van der Waals surface area contributed by atoms with Gasteiger partial charge in [0, 0.05) is 10.7 Å². The average Bonchev–Trinajstić information content (AvgIpc) is 2.96. The zero-order valence-electron chi connectivity index (χ0n) is 15.1. The van der Waals surface area contributed by atoms with Gasteiger partial charge in [0.2, 0.25) is 0 Å². The van der Waals surface area contributed by atoms with E-state index < -0.39 is 0 Å². The van der Waals surface area contributed by atoms with Crippen molar-refractivity contribution in [2.24, 2.45) is 0 Å². The first kappa shape index (κ1) is 17.5. The van der Waals surface area contributed by atoms with Crippen LogP contribution in [-0.4, -0.2) is 30.3 Å². The molecule has 0 radical (unpaired) electrons. The fourth-order valence-electron chi connectivity index (χ4n) is 2.62. The first-order chi connectivity index (χ1) is 11.1. The molecule has 128 valence electrons. The van der Waals surface area contributed by atoms with Crippen LogP contribution in [0.2, 0.25) is 0 Å². The Morgan fingerprint density at radius 1 is 1.12 bits per heavy atom. The normalized spacial score (nSPS) is 19.2. The Balaban J connectivity index is 1.89. The maximum atomic E-state index is 12.2. The number of thiophene rings is 1. The van der Waals surface area contributed by atoms with Crippen molar-refractivity contribution >= 4 is 39.9 Å². The van der Waals surface area contributed by atoms with Crippen molar-refractivity contribution in [1.82, 2.24) is 5.32 Å². The smallest absolute Gasteiger partial charge is 0.399 e. The number of amides is 1. The monoisotopic (exact) mass is 345 g/mol. The van der Waals surface area contributed by atoms with Crippen LogP contribution < -0.4 is 10.8 Å². The van der Waals surface area contributed by atoms with E-state index in [-0.39, 0.29) is 30.3 Å². The van der Waals surface area contributed by atoms with Crippen LogP contribution in [0.5, 0.6) is 0 Å². The fraction of sp³-hybridized carbons (Fsp3) is 0.500. The van der Waals surface area contributed by atoms with E-state index in [0.717, 1.165) is 20.4 Å². The fourth-order valence-corrected chi connectivity index (χ4v) is 3.63. The molecule has 1 aromatic carbocycles. The molecule has 1 N–H and O–H groups in total. The maximum absolute atomic E-state index is 12.2. The van der Waals surface area contributed by atoms with E-state index in [1.807, 2.05) is 59.7 Å². The second-order valence-corrected chi connectivity index (χ2v) is 8.71. The van der Waals surface area contributed by atoms with Crippen LogP contribution in [-0.2, 0) is 9.31 Å². The van der Waals surface area contributed by atoms with Crippen LogP contribution >= 0.6 is 11.3 Å². The third-order valence-electron chi connectivity index (χ3n) is 4.71. The largest absolute Gasteiger partial charge is 0.494 e. The van der Waals surface area contributed by atoms with E-state index >= 15 is 0 Å². The molecule has 1 fully saturated rings. The maximum Gasteiger partial charge on any atom is 0.494 e. The molecule has 1 aliphatic heterocycles. The van der Waals surface area contributed by atoms with Gasteiger partial charge in [-0.25, -0.2) is 0 Å². The molecule has 2 heterocycles. The van der Waals surface area contributed by atoms with Crippen LogP contribution in [0, 0.1) is 0 Å². The van der Waals surface area contributed by atoms with Gasteiger partial charge in [0.15, 0.2) is 0 Å². The number of carbonyl (C=O) groups is 1. The SMILES string of the molecule is CC(C)NC(=O)c1cc2ccc(B3OC(C)(C)C(C)(C)O3)cc2s1. The third kappa shape index (κ3) is 3.10. The summed E-state index contributed by atoms with van der Waals surface area (Å²) < 4.78 is 13.3. The van der Waals surface area contributed by atoms with Gasteiger partial charge in [-0.05, 0) is 64.5 Å². The lowest BCUT2D eigenvalue weighted by Crippen LogP contribution is -2.41. The van der Waals surface area contributed by atoms with Crippen molar-refractivity contribution in [3.8, 4) is 0 Å². The van der Waals surface area contributed by atoms with Crippen molar-refractivity contribution < 1.29 is 14.1 Å². The molecule has 2 aromatic rings. The van der Waals surface area contributed by atoms with Gasteiger partial charge in [-0.3, -0.25) is 4.79 Å². The molecule has 0 unspecified atom stereocenters. The number of nitrogens with one attached hydrogen (secondary N) is 1. The Morgan fingerprint density at radius 3 is 2.33 bits per heavy atom. The van der Waals surface area contributed by atoms with Crippen LogP contribution in [0.1, 0.15) is 51.2 Å². The lowest BCUT2D eigenvalue weighted by Gasteiger charge is -2.32. The minimum Gasteiger partial charge on any atom is -0.399 e. The molecular weight excluding hydrogens is 321 g/mol. The molecule has 0 saturated carbocycles. The van der Waals surface area contributed by atoms with Gasteiger partial charge in [0.25, 0.3) is 5.91 Å². The lowest BCUT2D eigenvalue weighted by molar-refractivity contribution is 0.00578. The van der Waals surface area contributed by atoms with E-state index in [1.54, 1.807) is 0 Å². The number of benzene rings is 1. The first-order valence-electron chi connectivity index (χ1n) is 8.29. The van der Waals surface area contributed by atoms with Crippen molar-refractivity contribution in [2.45, 2.75) is 58.8 Å². The predicted molar refractivity (Wildman–Crippen MR) is 100 cm³/mol. The summed E-state index contributed by atoms with van der Waals surface area (Å²) in [5, 5.41) is 4.00. The highest BCUT2D eigenvalue weighted by Gasteiger charge is 2.51. The molecule has 0 aliphatic carbocycles. The minimum absolute atomic E-state index is 0.0246. The molecule has 1 saturated heterocycles. The number of hydrogen-bond acceptors (Lipinski definition) is 4. The molecule has 0 atom stereocenters. The summed E-state index contributed by atoms with van der Waals surface area (Å²) in [5.41, 5.74) is 0.271. The second-order valence-electron chi connectivity index (χ2n) is 7.62. The van der Waals surface area contributed by atoms with Crippen molar-refractivity contribution in [1.29, 1.82) is 0 Å². The number of rotatable bonds is 3. The molecule has 0 bridgehead atoms. The van der Waals surface area contributed by atoms with Crippen LogP contribution in [0.25, 0.3) is 10.1 Å². The number of carbonyl (C=O) groups excluding carboxylic acids is 1. The summed E-state index contributed by atoms with van der Waals surface area (Å²) in [6.45, 7) is 12.1. The van der Waals surface area contributed by atoms with Gasteiger partial charge in [-0.15, -0.1) is 11.3 Å². The van der Waals surface area contributed by atoms with Gasteiger partial charge >= 0.3 is 7.12 Å².